The van der Waals surface area contributed by atoms with Crippen molar-refractivity contribution in [3.63, 3.8) is 0 Å². The van der Waals surface area contributed by atoms with Gasteiger partial charge in [0.2, 0.25) is 5.91 Å². The molecule has 9 nitrogen and oxygen atoms in total. The fourth-order valence-corrected chi connectivity index (χ4v) is 4.05. The van der Waals surface area contributed by atoms with Crippen molar-refractivity contribution in [2.75, 3.05) is 19.8 Å². The van der Waals surface area contributed by atoms with E-state index in [2.05, 4.69) is 5.32 Å². The number of carbonyl (C=O) groups is 3. The maximum absolute atomic E-state index is 13.0. The van der Waals surface area contributed by atoms with Crippen molar-refractivity contribution in [3.05, 3.63) is 35.9 Å². The van der Waals surface area contributed by atoms with Gasteiger partial charge in [0.25, 0.3) is 0 Å². The fourth-order valence-electron chi connectivity index (χ4n) is 4.05. The zero-order chi connectivity index (χ0) is 21.7. The van der Waals surface area contributed by atoms with Crippen LogP contribution < -0.4 is 5.32 Å². The minimum Gasteiger partial charge on any atom is -0.480 e. The molecule has 2 fully saturated rings. The molecule has 1 amide bonds. The molecule has 0 aromatic heterocycles. The van der Waals surface area contributed by atoms with Crippen molar-refractivity contribution >= 4 is 17.8 Å². The van der Waals surface area contributed by atoms with Crippen LogP contribution in [0.4, 0.5) is 0 Å². The molecular weight excluding hydrogens is 392 g/mol. The molecule has 30 heavy (non-hydrogen) atoms. The Hall–Kier alpha value is -2.49. The molecule has 164 valence electrons. The van der Waals surface area contributed by atoms with E-state index in [0.29, 0.717) is 26.1 Å². The number of amides is 1. The summed E-state index contributed by atoms with van der Waals surface area (Å²) in [5.41, 5.74) is 1.01. The molecule has 0 spiro atoms. The summed E-state index contributed by atoms with van der Waals surface area (Å²) < 4.78 is 11.0. The number of hydrogen-bond acceptors (Lipinski definition) is 6. The first-order valence-corrected chi connectivity index (χ1v) is 10.2. The molecule has 1 aromatic carbocycles. The van der Waals surface area contributed by atoms with E-state index in [-0.39, 0.29) is 18.9 Å². The van der Waals surface area contributed by atoms with Crippen molar-refractivity contribution in [2.24, 2.45) is 5.92 Å². The molecule has 3 N–H and O–H groups in total. The van der Waals surface area contributed by atoms with Gasteiger partial charge < -0.3 is 24.6 Å². The van der Waals surface area contributed by atoms with Crippen LogP contribution in [0, 0.1) is 5.92 Å². The summed E-state index contributed by atoms with van der Waals surface area (Å²) in [5, 5.41) is 22.0. The minimum atomic E-state index is -1.09. The number of ether oxygens (including phenoxy) is 2. The maximum atomic E-state index is 13.0. The van der Waals surface area contributed by atoms with E-state index < -0.39 is 42.3 Å². The number of carboxylic acids is 2. The molecule has 9 heteroatoms. The monoisotopic (exact) mass is 420 g/mol. The van der Waals surface area contributed by atoms with Crippen LogP contribution >= 0.6 is 0 Å². The molecule has 0 aliphatic carbocycles. The number of aliphatic carboxylic acids is 2. The molecule has 2 aliphatic rings. The normalized spacial score (nSPS) is 24.0. The third-order valence-corrected chi connectivity index (χ3v) is 5.62. The van der Waals surface area contributed by atoms with Gasteiger partial charge in [0.1, 0.15) is 12.1 Å². The summed E-state index contributed by atoms with van der Waals surface area (Å²) in [7, 11) is 0. The quantitative estimate of drug-likeness (QED) is 0.534. The van der Waals surface area contributed by atoms with Crippen LogP contribution in [0.15, 0.2) is 30.3 Å². The highest BCUT2D eigenvalue weighted by Crippen LogP contribution is 2.30. The van der Waals surface area contributed by atoms with Crippen LogP contribution in [-0.4, -0.2) is 77.1 Å². The summed E-state index contributed by atoms with van der Waals surface area (Å²) >= 11 is 0. The lowest BCUT2D eigenvalue weighted by Crippen LogP contribution is -2.53. The maximum Gasteiger partial charge on any atom is 0.326 e. The molecule has 0 radical (unpaired) electrons. The Balaban J connectivity index is 1.61. The number of hydrogen-bond donors (Lipinski definition) is 3. The number of carbonyl (C=O) groups excluding carboxylic acids is 1. The van der Waals surface area contributed by atoms with Crippen LogP contribution in [0.1, 0.15) is 25.3 Å². The van der Waals surface area contributed by atoms with Gasteiger partial charge in [-0.25, -0.2) is 4.79 Å². The second-order valence-electron chi connectivity index (χ2n) is 7.75. The summed E-state index contributed by atoms with van der Waals surface area (Å²) in [5.74, 6) is -2.80. The molecule has 2 unspecified atom stereocenters. The lowest BCUT2D eigenvalue weighted by Gasteiger charge is -2.27. The number of benzene rings is 1. The molecule has 0 bridgehead atoms. The van der Waals surface area contributed by atoms with Gasteiger partial charge in [0.15, 0.2) is 6.29 Å². The molecule has 4 atom stereocenters. The molecule has 2 aliphatic heterocycles. The van der Waals surface area contributed by atoms with E-state index in [4.69, 9.17) is 9.47 Å². The first kappa shape index (κ1) is 22.2. The van der Waals surface area contributed by atoms with Gasteiger partial charge >= 0.3 is 11.9 Å². The number of nitrogens with zero attached hydrogens (tertiary/aromatic N) is 1. The molecule has 2 saturated heterocycles. The highest BCUT2D eigenvalue weighted by Gasteiger charge is 2.45. The van der Waals surface area contributed by atoms with E-state index in [9.17, 15) is 24.6 Å². The summed E-state index contributed by atoms with van der Waals surface area (Å²) in [6.45, 7) is 2.67. The van der Waals surface area contributed by atoms with E-state index in [1.54, 1.807) is 6.92 Å². The number of likely N-dealkylation sites (tertiary alicyclic amines) is 1. The summed E-state index contributed by atoms with van der Waals surface area (Å²) in [6.07, 6.45) is 0.595. The first-order chi connectivity index (χ1) is 14.4. The van der Waals surface area contributed by atoms with Crippen molar-refractivity contribution in [3.8, 4) is 0 Å². The number of rotatable bonds is 9. The average Bonchev–Trinajstić information content (AvgIpc) is 3.40. The highest BCUT2D eigenvalue weighted by molar-refractivity contribution is 5.88. The van der Waals surface area contributed by atoms with E-state index in [1.165, 1.54) is 4.90 Å². The van der Waals surface area contributed by atoms with Crippen molar-refractivity contribution in [2.45, 2.75) is 50.6 Å². The Morgan fingerprint density at radius 3 is 2.43 bits per heavy atom. The Morgan fingerprint density at radius 2 is 1.83 bits per heavy atom. The van der Waals surface area contributed by atoms with Gasteiger partial charge in [-0.2, -0.15) is 0 Å². The van der Waals surface area contributed by atoms with Gasteiger partial charge in [-0.1, -0.05) is 30.3 Å². The Kier molecular flexibility index (Phi) is 7.41. The second-order valence-corrected chi connectivity index (χ2v) is 7.75. The van der Waals surface area contributed by atoms with E-state index in [0.717, 1.165) is 5.56 Å². The lowest BCUT2D eigenvalue weighted by molar-refractivity contribution is -0.149. The highest BCUT2D eigenvalue weighted by atomic mass is 16.7. The third kappa shape index (κ3) is 5.35. The Bertz CT molecular complexity index is 751. The summed E-state index contributed by atoms with van der Waals surface area (Å²) in [6, 6.07) is 6.76. The zero-order valence-electron chi connectivity index (χ0n) is 16.9. The van der Waals surface area contributed by atoms with Gasteiger partial charge in [-0.05, 0) is 31.7 Å². The molecule has 3 rings (SSSR count). The summed E-state index contributed by atoms with van der Waals surface area (Å²) in [4.78, 5) is 37.7. The molecule has 0 saturated carbocycles. The standard InChI is InChI=1S/C21H28N2O7/c1-13(22-16(19(25)26)8-7-14-5-3-2-4-6-14)18(24)23-12-15(11-17(23)20(27)28)21-29-9-10-30-21/h2-6,13,15-17,21-22H,7-12H2,1H3,(H,25,26)(H,27,28)/t13-,15?,16?,17-/m0/s1. The van der Waals surface area contributed by atoms with Crippen LogP contribution in [0.5, 0.6) is 0 Å². The third-order valence-electron chi connectivity index (χ3n) is 5.62. The van der Waals surface area contributed by atoms with Crippen LogP contribution in [0.2, 0.25) is 0 Å². The van der Waals surface area contributed by atoms with Crippen molar-refractivity contribution < 1.29 is 34.1 Å². The first-order valence-electron chi connectivity index (χ1n) is 10.2. The second kappa shape index (κ2) is 10.0. The smallest absolute Gasteiger partial charge is 0.326 e. The fraction of sp³-hybridized carbons (Fsp3) is 0.571. The average molecular weight is 420 g/mol. The lowest BCUT2D eigenvalue weighted by atomic mass is 10.0. The largest absolute Gasteiger partial charge is 0.480 e. The van der Waals surface area contributed by atoms with Crippen molar-refractivity contribution in [1.29, 1.82) is 0 Å². The SMILES string of the molecule is C[C@H](NC(CCc1ccccc1)C(=O)O)C(=O)N1CC(C2OCCO2)C[C@H]1C(=O)O. The number of carboxylic acid groups (broad SMARTS) is 2. The van der Waals surface area contributed by atoms with Gasteiger partial charge in [0, 0.05) is 12.5 Å². The predicted molar refractivity (Wildman–Crippen MR) is 106 cm³/mol. The molecule has 1 aromatic rings. The Labute approximate surface area is 175 Å². The Morgan fingerprint density at radius 1 is 1.17 bits per heavy atom. The van der Waals surface area contributed by atoms with Gasteiger partial charge in [0.05, 0.1) is 19.3 Å². The zero-order valence-corrected chi connectivity index (χ0v) is 16.9. The topological polar surface area (TPSA) is 125 Å². The predicted octanol–water partition coefficient (Wildman–Crippen LogP) is 0.725. The van der Waals surface area contributed by atoms with Gasteiger partial charge in [-0.3, -0.25) is 14.9 Å². The number of nitrogens with one attached hydrogen (secondary N) is 1. The number of aryl methyl sites for hydroxylation is 1. The minimum absolute atomic E-state index is 0.203. The molecule has 2 heterocycles. The van der Waals surface area contributed by atoms with Crippen molar-refractivity contribution in [1.82, 2.24) is 10.2 Å². The van der Waals surface area contributed by atoms with Crippen LogP contribution in [-0.2, 0) is 30.3 Å². The van der Waals surface area contributed by atoms with E-state index >= 15 is 0 Å². The van der Waals surface area contributed by atoms with Crippen LogP contribution in [0.3, 0.4) is 0 Å². The van der Waals surface area contributed by atoms with Gasteiger partial charge in [-0.15, -0.1) is 0 Å². The van der Waals surface area contributed by atoms with E-state index in [1.807, 2.05) is 30.3 Å². The van der Waals surface area contributed by atoms with Crippen LogP contribution in [0.25, 0.3) is 0 Å². The molecular formula is C21H28N2O7.